The normalized spacial score (nSPS) is 14.6. The fraction of sp³-hybridized carbons (Fsp3) is 0.263. The lowest BCUT2D eigenvalue weighted by atomic mass is 9.95. The van der Waals surface area contributed by atoms with Crippen molar-refractivity contribution in [1.29, 1.82) is 0 Å². The van der Waals surface area contributed by atoms with E-state index in [2.05, 4.69) is 26.2 Å². The minimum atomic E-state index is -0.340. The Morgan fingerprint density at radius 2 is 1.69 bits per heavy atom. The highest BCUT2D eigenvalue weighted by molar-refractivity contribution is 5.91. The molecule has 1 saturated carbocycles. The summed E-state index contributed by atoms with van der Waals surface area (Å²) in [5.41, 5.74) is 1.64. The number of nitrogens with zero attached hydrogens (tertiary/aromatic N) is 4. The van der Waals surface area contributed by atoms with Crippen molar-refractivity contribution in [3.05, 3.63) is 66.2 Å². The molecule has 0 bridgehead atoms. The minimum Gasteiger partial charge on any atom is -0.354 e. The Labute approximate surface area is 151 Å². The average Bonchev–Trinajstić information content (AvgIpc) is 3.39. The molecule has 4 rings (SSSR count). The second kappa shape index (κ2) is 6.95. The molecule has 26 heavy (non-hydrogen) atoms. The molecule has 0 radical (unpaired) electrons. The summed E-state index contributed by atoms with van der Waals surface area (Å²) < 4.78 is 1.63. The van der Waals surface area contributed by atoms with Crippen molar-refractivity contribution in [3.8, 4) is 5.69 Å². The third-order valence-corrected chi connectivity index (χ3v) is 4.67. The number of para-hydroxylation sites is 1. The maximum absolute atomic E-state index is 12.6. The van der Waals surface area contributed by atoms with E-state index in [4.69, 9.17) is 0 Å². The van der Waals surface area contributed by atoms with Crippen molar-refractivity contribution in [2.24, 2.45) is 0 Å². The van der Waals surface area contributed by atoms with Crippen molar-refractivity contribution in [2.75, 3.05) is 18.4 Å². The van der Waals surface area contributed by atoms with E-state index in [1.54, 1.807) is 4.68 Å². The van der Waals surface area contributed by atoms with Gasteiger partial charge in [-0.25, -0.2) is 0 Å². The molecule has 2 aromatic carbocycles. The molecule has 1 aliphatic rings. The van der Waals surface area contributed by atoms with Crippen molar-refractivity contribution < 1.29 is 4.79 Å². The maximum Gasteiger partial charge on any atom is 0.247 e. The van der Waals surface area contributed by atoms with Crippen LogP contribution in [0.1, 0.15) is 18.4 Å². The van der Waals surface area contributed by atoms with Gasteiger partial charge in [0.1, 0.15) is 0 Å². The first-order chi connectivity index (χ1) is 12.8. The van der Waals surface area contributed by atoms with Gasteiger partial charge >= 0.3 is 0 Å². The van der Waals surface area contributed by atoms with Gasteiger partial charge in [0.25, 0.3) is 0 Å². The molecule has 0 spiro atoms. The Morgan fingerprint density at radius 1 is 1.00 bits per heavy atom. The molecule has 2 N–H and O–H groups in total. The van der Waals surface area contributed by atoms with E-state index in [0.29, 0.717) is 19.0 Å². The van der Waals surface area contributed by atoms with Crippen LogP contribution in [-0.2, 0) is 10.2 Å². The number of aromatic nitrogens is 4. The molecular weight excluding hydrogens is 328 g/mol. The molecule has 0 unspecified atom stereocenters. The predicted molar refractivity (Wildman–Crippen MR) is 98.0 cm³/mol. The Balaban J connectivity index is 1.32. The van der Waals surface area contributed by atoms with Crippen LogP contribution in [0, 0.1) is 0 Å². The zero-order valence-corrected chi connectivity index (χ0v) is 14.3. The SMILES string of the molecule is O=C(NCCNc1nnnn1-c1ccccc1)C1(c2ccccc2)CC1. The standard InChI is InChI=1S/C19H20N6O/c26-17(19(11-12-19)15-7-3-1-4-8-15)20-13-14-21-18-22-23-24-25(18)16-9-5-2-6-10-16/h1-10H,11-14H2,(H,20,26)(H,21,22,24). The van der Waals surface area contributed by atoms with Gasteiger partial charge in [-0.15, -0.1) is 0 Å². The van der Waals surface area contributed by atoms with Crippen LogP contribution in [0.2, 0.25) is 0 Å². The molecule has 7 nitrogen and oxygen atoms in total. The van der Waals surface area contributed by atoms with Crippen LogP contribution in [0.25, 0.3) is 5.69 Å². The molecule has 1 amide bonds. The highest BCUT2D eigenvalue weighted by Gasteiger charge is 2.50. The van der Waals surface area contributed by atoms with Crippen LogP contribution in [0.5, 0.6) is 0 Å². The zero-order valence-electron chi connectivity index (χ0n) is 14.3. The Morgan fingerprint density at radius 3 is 2.38 bits per heavy atom. The number of hydrogen-bond acceptors (Lipinski definition) is 5. The first-order valence-corrected chi connectivity index (χ1v) is 8.71. The molecule has 1 heterocycles. The lowest BCUT2D eigenvalue weighted by molar-refractivity contribution is -0.123. The predicted octanol–water partition coefficient (Wildman–Crippen LogP) is 1.92. The highest BCUT2D eigenvalue weighted by Crippen LogP contribution is 2.48. The number of anilines is 1. The molecule has 1 aromatic heterocycles. The van der Waals surface area contributed by atoms with E-state index in [0.717, 1.165) is 24.1 Å². The van der Waals surface area contributed by atoms with E-state index in [1.807, 2.05) is 60.7 Å². The summed E-state index contributed by atoms with van der Waals surface area (Å²) in [4.78, 5) is 12.6. The molecule has 1 aliphatic carbocycles. The van der Waals surface area contributed by atoms with Crippen molar-refractivity contribution in [3.63, 3.8) is 0 Å². The summed E-state index contributed by atoms with van der Waals surface area (Å²) in [6.45, 7) is 1.05. The molecular formula is C19H20N6O. The van der Waals surface area contributed by atoms with Crippen LogP contribution in [0.3, 0.4) is 0 Å². The lowest BCUT2D eigenvalue weighted by Crippen LogP contribution is -2.37. The van der Waals surface area contributed by atoms with Gasteiger partial charge in [0, 0.05) is 13.1 Å². The molecule has 0 atom stereocenters. The quantitative estimate of drug-likeness (QED) is 0.637. The van der Waals surface area contributed by atoms with Gasteiger partial charge in [0.15, 0.2) is 0 Å². The number of carbonyl (C=O) groups excluding carboxylic acids is 1. The fourth-order valence-electron chi connectivity index (χ4n) is 3.09. The van der Waals surface area contributed by atoms with E-state index in [-0.39, 0.29) is 11.3 Å². The monoisotopic (exact) mass is 348 g/mol. The number of rotatable bonds is 7. The summed E-state index contributed by atoms with van der Waals surface area (Å²) in [6, 6.07) is 19.6. The van der Waals surface area contributed by atoms with Crippen LogP contribution in [0.4, 0.5) is 5.95 Å². The van der Waals surface area contributed by atoms with Gasteiger partial charge in [-0.2, -0.15) is 4.68 Å². The third-order valence-electron chi connectivity index (χ3n) is 4.67. The second-order valence-corrected chi connectivity index (χ2v) is 6.38. The van der Waals surface area contributed by atoms with Crippen LogP contribution in [-0.4, -0.2) is 39.2 Å². The second-order valence-electron chi connectivity index (χ2n) is 6.38. The number of hydrogen-bond donors (Lipinski definition) is 2. The molecule has 3 aromatic rings. The minimum absolute atomic E-state index is 0.0909. The first kappa shape index (κ1) is 16.3. The number of tetrazole rings is 1. The average molecular weight is 348 g/mol. The van der Waals surface area contributed by atoms with Crippen molar-refractivity contribution in [1.82, 2.24) is 25.5 Å². The number of carbonyl (C=O) groups is 1. The number of benzene rings is 2. The third kappa shape index (κ3) is 3.15. The first-order valence-electron chi connectivity index (χ1n) is 8.71. The molecule has 7 heteroatoms. The Kier molecular flexibility index (Phi) is 4.35. The largest absolute Gasteiger partial charge is 0.354 e. The topological polar surface area (TPSA) is 84.7 Å². The summed E-state index contributed by atoms with van der Waals surface area (Å²) in [5, 5.41) is 17.9. The molecule has 0 aliphatic heterocycles. The summed E-state index contributed by atoms with van der Waals surface area (Å²) >= 11 is 0. The fourth-order valence-corrected chi connectivity index (χ4v) is 3.09. The number of amides is 1. The van der Waals surface area contributed by atoms with Gasteiger partial charge in [-0.1, -0.05) is 53.6 Å². The number of nitrogens with one attached hydrogen (secondary N) is 2. The van der Waals surface area contributed by atoms with Crippen LogP contribution in [0.15, 0.2) is 60.7 Å². The lowest BCUT2D eigenvalue weighted by Gasteiger charge is -2.16. The smallest absolute Gasteiger partial charge is 0.247 e. The molecule has 1 fully saturated rings. The maximum atomic E-state index is 12.6. The van der Waals surface area contributed by atoms with Crippen LogP contribution < -0.4 is 10.6 Å². The molecule has 132 valence electrons. The molecule has 0 saturated heterocycles. The summed E-state index contributed by atoms with van der Waals surface area (Å²) in [6.07, 6.45) is 1.81. The summed E-state index contributed by atoms with van der Waals surface area (Å²) in [5.74, 6) is 0.641. The van der Waals surface area contributed by atoms with Gasteiger partial charge in [-0.3, -0.25) is 4.79 Å². The van der Waals surface area contributed by atoms with E-state index in [1.165, 1.54) is 0 Å². The van der Waals surface area contributed by atoms with Gasteiger partial charge in [0.05, 0.1) is 11.1 Å². The van der Waals surface area contributed by atoms with Gasteiger partial charge < -0.3 is 10.6 Å². The van der Waals surface area contributed by atoms with E-state index in [9.17, 15) is 4.79 Å². The van der Waals surface area contributed by atoms with Crippen LogP contribution >= 0.6 is 0 Å². The van der Waals surface area contributed by atoms with Crippen molar-refractivity contribution in [2.45, 2.75) is 18.3 Å². The Bertz CT molecular complexity index is 873. The Hall–Kier alpha value is -3.22. The van der Waals surface area contributed by atoms with E-state index >= 15 is 0 Å². The summed E-state index contributed by atoms with van der Waals surface area (Å²) in [7, 11) is 0. The van der Waals surface area contributed by atoms with E-state index < -0.39 is 0 Å². The van der Waals surface area contributed by atoms with Crippen molar-refractivity contribution >= 4 is 11.9 Å². The zero-order chi connectivity index (χ0) is 17.8. The van der Waals surface area contributed by atoms with Gasteiger partial charge in [-0.05, 0) is 41.0 Å². The van der Waals surface area contributed by atoms with Gasteiger partial charge in [0.2, 0.25) is 11.9 Å². The highest BCUT2D eigenvalue weighted by atomic mass is 16.2.